The fourth-order valence-corrected chi connectivity index (χ4v) is 2.17. The maximum atomic E-state index is 11.2. The predicted octanol–water partition coefficient (Wildman–Crippen LogP) is 1.74. The van der Waals surface area contributed by atoms with Crippen molar-refractivity contribution >= 4 is 5.97 Å². The Morgan fingerprint density at radius 1 is 1.62 bits per heavy atom. The molecule has 0 aromatic heterocycles. The molecule has 4 heteroatoms. The van der Waals surface area contributed by atoms with Crippen LogP contribution in [0.4, 0.5) is 0 Å². The van der Waals surface area contributed by atoms with Crippen LogP contribution in [0, 0.1) is 0 Å². The van der Waals surface area contributed by atoms with Gasteiger partial charge in [-0.3, -0.25) is 9.69 Å². The fourth-order valence-electron chi connectivity index (χ4n) is 2.17. The molecule has 1 fully saturated rings. The van der Waals surface area contributed by atoms with E-state index in [4.69, 9.17) is 4.74 Å². The highest BCUT2D eigenvalue weighted by Crippen LogP contribution is 2.14. The van der Waals surface area contributed by atoms with Crippen LogP contribution >= 0.6 is 0 Å². The minimum absolute atomic E-state index is 0.144. The minimum Gasteiger partial charge on any atom is -0.480 e. The van der Waals surface area contributed by atoms with Crippen molar-refractivity contribution in [2.75, 3.05) is 19.7 Å². The monoisotopic (exact) mass is 229 g/mol. The number of carboxylic acids is 1. The molecular formula is C12H23NO3. The summed E-state index contributed by atoms with van der Waals surface area (Å²) in [5.74, 6) is -0.692. The van der Waals surface area contributed by atoms with Gasteiger partial charge in [0.25, 0.3) is 0 Å². The quantitative estimate of drug-likeness (QED) is 0.780. The van der Waals surface area contributed by atoms with Crippen molar-refractivity contribution in [3.8, 4) is 0 Å². The zero-order valence-corrected chi connectivity index (χ0v) is 10.3. The molecule has 0 spiro atoms. The minimum atomic E-state index is -0.692. The maximum Gasteiger partial charge on any atom is 0.320 e. The van der Waals surface area contributed by atoms with Gasteiger partial charge in [0.05, 0.1) is 6.10 Å². The van der Waals surface area contributed by atoms with E-state index in [2.05, 4.69) is 11.8 Å². The van der Waals surface area contributed by atoms with Gasteiger partial charge in [0, 0.05) is 19.7 Å². The fraction of sp³-hybridized carbons (Fsp3) is 0.917. The van der Waals surface area contributed by atoms with Crippen molar-refractivity contribution in [3.63, 3.8) is 0 Å². The van der Waals surface area contributed by atoms with Crippen LogP contribution < -0.4 is 0 Å². The number of hydrogen-bond acceptors (Lipinski definition) is 3. The summed E-state index contributed by atoms with van der Waals surface area (Å²) in [6.45, 7) is 6.42. The molecule has 0 aliphatic carbocycles. The highest BCUT2D eigenvalue weighted by atomic mass is 16.5. The van der Waals surface area contributed by atoms with Crippen molar-refractivity contribution in [1.82, 2.24) is 4.90 Å². The first-order valence-electron chi connectivity index (χ1n) is 6.23. The first kappa shape index (κ1) is 13.5. The van der Waals surface area contributed by atoms with Crippen molar-refractivity contribution in [2.24, 2.45) is 0 Å². The molecule has 1 rings (SSSR count). The number of nitrogens with zero attached hydrogens (tertiary/aromatic N) is 1. The van der Waals surface area contributed by atoms with Crippen LogP contribution in [0.15, 0.2) is 0 Å². The molecule has 1 saturated heterocycles. The summed E-state index contributed by atoms with van der Waals surface area (Å²) in [5, 5.41) is 9.25. The lowest BCUT2D eigenvalue weighted by atomic mass is 10.1. The molecule has 1 aliphatic heterocycles. The number of rotatable bonds is 5. The molecule has 0 amide bonds. The van der Waals surface area contributed by atoms with Crippen LogP contribution in [-0.4, -0.2) is 47.8 Å². The molecule has 0 aromatic rings. The number of carboxylic acid groups (broad SMARTS) is 1. The second-order valence-electron chi connectivity index (χ2n) is 4.53. The van der Waals surface area contributed by atoms with Crippen molar-refractivity contribution in [2.45, 2.75) is 51.7 Å². The topological polar surface area (TPSA) is 49.8 Å². The molecule has 1 heterocycles. The van der Waals surface area contributed by atoms with Gasteiger partial charge in [-0.25, -0.2) is 0 Å². The number of carbonyl (C=O) groups is 1. The Kier molecular flexibility index (Phi) is 5.77. The average Bonchev–Trinajstić information content (AvgIpc) is 2.43. The number of aliphatic carboxylic acids is 1. The summed E-state index contributed by atoms with van der Waals surface area (Å²) in [6.07, 6.45) is 3.84. The lowest BCUT2D eigenvalue weighted by Gasteiger charge is -2.28. The van der Waals surface area contributed by atoms with E-state index >= 15 is 0 Å². The molecule has 0 radical (unpaired) electrons. The van der Waals surface area contributed by atoms with Crippen LogP contribution in [0.2, 0.25) is 0 Å². The Bertz CT molecular complexity index is 220. The SMILES string of the molecule is CCCCC(C(=O)O)N1CCCOC(C)C1. The van der Waals surface area contributed by atoms with Gasteiger partial charge in [-0.05, 0) is 19.8 Å². The molecule has 16 heavy (non-hydrogen) atoms. The van der Waals surface area contributed by atoms with E-state index in [9.17, 15) is 9.90 Å². The standard InChI is InChI=1S/C12H23NO3/c1-3-4-6-11(12(14)15)13-7-5-8-16-10(2)9-13/h10-11H,3-9H2,1-2H3,(H,14,15). The van der Waals surface area contributed by atoms with E-state index in [1.165, 1.54) is 0 Å². The van der Waals surface area contributed by atoms with Crippen LogP contribution in [0.25, 0.3) is 0 Å². The molecule has 2 atom stereocenters. The second kappa shape index (κ2) is 6.86. The molecule has 0 saturated carbocycles. The summed E-state index contributed by atoms with van der Waals surface area (Å²) >= 11 is 0. The van der Waals surface area contributed by atoms with Gasteiger partial charge >= 0.3 is 5.97 Å². The molecular weight excluding hydrogens is 206 g/mol. The third-order valence-electron chi connectivity index (χ3n) is 3.04. The summed E-state index contributed by atoms with van der Waals surface area (Å²) < 4.78 is 5.53. The van der Waals surface area contributed by atoms with Gasteiger partial charge in [0.1, 0.15) is 6.04 Å². The average molecular weight is 229 g/mol. The highest BCUT2D eigenvalue weighted by Gasteiger charge is 2.27. The van der Waals surface area contributed by atoms with Crippen molar-refractivity contribution in [1.29, 1.82) is 0 Å². The van der Waals surface area contributed by atoms with Crippen LogP contribution in [0.1, 0.15) is 39.5 Å². The number of hydrogen-bond donors (Lipinski definition) is 1. The van der Waals surface area contributed by atoms with E-state index in [1.54, 1.807) is 0 Å². The van der Waals surface area contributed by atoms with Crippen LogP contribution in [0.3, 0.4) is 0 Å². The molecule has 4 nitrogen and oxygen atoms in total. The van der Waals surface area contributed by atoms with E-state index in [0.29, 0.717) is 0 Å². The number of ether oxygens (including phenoxy) is 1. The third kappa shape index (κ3) is 4.10. The molecule has 0 bridgehead atoms. The van der Waals surface area contributed by atoms with E-state index < -0.39 is 5.97 Å². The lowest BCUT2D eigenvalue weighted by molar-refractivity contribution is -0.143. The van der Waals surface area contributed by atoms with Gasteiger partial charge in [0.15, 0.2) is 0 Å². The predicted molar refractivity (Wildman–Crippen MR) is 62.6 cm³/mol. The Labute approximate surface area is 97.6 Å². The zero-order valence-electron chi connectivity index (χ0n) is 10.3. The van der Waals surface area contributed by atoms with Crippen molar-refractivity contribution in [3.05, 3.63) is 0 Å². The molecule has 1 aliphatic rings. The third-order valence-corrected chi connectivity index (χ3v) is 3.04. The van der Waals surface area contributed by atoms with Gasteiger partial charge in [-0.15, -0.1) is 0 Å². The van der Waals surface area contributed by atoms with Gasteiger partial charge in [-0.2, -0.15) is 0 Å². The van der Waals surface area contributed by atoms with Gasteiger partial charge in [0.2, 0.25) is 0 Å². The van der Waals surface area contributed by atoms with Crippen LogP contribution in [-0.2, 0) is 9.53 Å². The van der Waals surface area contributed by atoms with E-state index in [1.807, 2.05) is 6.92 Å². The molecule has 0 aromatic carbocycles. The lowest BCUT2D eigenvalue weighted by Crippen LogP contribution is -2.44. The highest BCUT2D eigenvalue weighted by molar-refractivity contribution is 5.73. The van der Waals surface area contributed by atoms with E-state index in [0.717, 1.165) is 45.4 Å². The molecule has 1 N–H and O–H groups in total. The first-order chi connectivity index (χ1) is 7.65. The van der Waals surface area contributed by atoms with Crippen LogP contribution in [0.5, 0.6) is 0 Å². The van der Waals surface area contributed by atoms with Gasteiger partial charge < -0.3 is 9.84 Å². The largest absolute Gasteiger partial charge is 0.480 e. The Hall–Kier alpha value is -0.610. The smallest absolute Gasteiger partial charge is 0.320 e. The summed E-state index contributed by atoms with van der Waals surface area (Å²) in [4.78, 5) is 13.3. The van der Waals surface area contributed by atoms with Gasteiger partial charge in [-0.1, -0.05) is 19.8 Å². The molecule has 94 valence electrons. The summed E-state index contributed by atoms with van der Waals surface area (Å²) in [7, 11) is 0. The first-order valence-corrected chi connectivity index (χ1v) is 6.23. The Morgan fingerprint density at radius 2 is 2.38 bits per heavy atom. The summed E-state index contributed by atoms with van der Waals surface area (Å²) in [5.41, 5.74) is 0. The Morgan fingerprint density at radius 3 is 3.00 bits per heavy atom. The second-order valence-corrected chi connectivity index (χ2v) is 4.53. The Balaban J connectivity index is 2.56. The zero-order chi connectivity index (χ0) is 12.0. The maximum absolute atomic E-state index is 11.2. The van der Waals surface area contributed by atoms with Crippen molar-refractivity contribution < 1.29 is 14.6 Å². The normalized spacial score (nSPS) is 25.0. The number of unbranched alkanes of at least 4 members (excludes halogenated alkanes) is 1. The summed E-state index contributed by atoms with van der Waals surface area (Å²) in [6, 6.07) is -0.330. The van der Waals surface area contributed by atoms with E-state index in [-0.39, 0.29) is 12.1 Å². The molecule has 2 unspecified atom stereocenters.